The van der Waals surface area contributed by atoms with Crippen molar-refractivity contribution < 1.29 is 76.6 Å². The number of methoxy groups -OCH3 is 1. The summed E-state index contributed by atoms with van der Waals surface area (Å²) in [6.07, 6.45) is -7.31. The van der Waals surface area contributed by atoms with Crippen LogP contribution in [-0.4, -0.2) is 148 Å². The van der Waals surface area contributed by atoms with Crippen LogP contribution in [-0.2, 0) is 38.3 Å². The van der Waals surface area contributed by atoms with Gasteiger partial charge in [-0.25, -0.2) is 4.18 Å². The maximum atomic E-state index is 12.7. The first-order chi connectivity index (χ1) is 25.6. The smallest absolute Gasteiger partial charge is 0.393 e. The molecule has 0 aromatic heterocycles. The number of aliphatic hydroxyl groups excluding tert-OH is 6. The van der Waals surface area contributed by atoms with E-state index in [-0.39, 0.29) is 53.4 Å². The summed E-state index contributed by atoms with van der Waals surface area (Å²) in [6, 6.07) is 0. The van der Waals surface area contributed by atoms with E-state index in [1.807, 2.05) is 13.8 Å². The molecule has 4 saturated carbocycles. The number of fused-ring (bicyclic) bond motifs is 5. The Morgan fingerprint density at radius 2 is 1.55 bits per heavy atom. The van der Waals surface area contributed by atoms with E-state index >= 15 is 0 Å². The predicted molar refractivity (Wildman–Crippen MR) is 193 cm³/mol. The van der Waals surface area contributed by atoms with Gasteiger partial charge in [0.1, 0.15) is 36.6 Å². The average molecular weight is 811 g/mol. The van der Waals surface area contributed by atoms with Gasteiger partial charge in [-0.3, -0.25) is 4.55 Å². The first kappa shape index (κ1) is 44.0. The van der Waals surface area contributed by atoms with Crippen LogP contribution < -0.4 is 0 Å². The minimum absolute atomic E-state index is 0.0589. The highest BCUT2D eigenvalue weighted by Gasteiger charge is 2.70. The molecule has 6 fully saturated rings. The van der Waals surface area contributed by atoms with E-state index in [9.17, 15) is 48.7 Å². The highest BCUT2D eigenvalue weighted by molar-refractivity contribution is 7.80. The fourth-order valence-electron chi connectivity index (χ4n) is 12.3. The molecule has 6 aliphatic rings. The van der Waals surface area contributed by atoms with Gasteiger partial charge in [0.2, 0.25) is 0 Å². The Hall–Kier alpha value is -0.610. The van der Waals surface area contributed by atoms with Gasteiger partial charge in [0.15, 0.2) is 12.6 Å². The number of aliphatic hydroxyl groups is 7. The van der Waals surface area contributed by atoms with E-state index in [4.69, 9.17) is 23.7 Å². The molecule has 16 nitrogen and oxygen atoms in total. The lowest BCUT2D eigenvalue weighted by Gasteiger charge is -2.66. The first-order valence-electron chi connectivity index (χ1n) is 20.2. The molecule has 0 spiro atoms. The highest BCUT2D eigenvalue weighted by Crippen LogP contribution is 2.70. The van der Waals surface area contributed by atoms with Gasteiger partial charge in [0.25, 0.3) is 0 Å². The molecule has 4 aliphatic carbocycles. The van der Waals surface area contributed by atoms with Crippen LogP contribution in [0.25, 0.3) is 0 Å². The van der Waals surface area contributed by atoms with Crippen molar-refractivity contribution in [2.75, 3.05) is 20.3 Å². The second-order valence-corrected chi connectivity index (χ2v) is 19.7. The molecule has 320 valence electrons. The molecule has 55 heavy (non-hydrogen) atoms. The van der Waals surface area contributed by atoms with Crippen LogP contribution in [0.5, 0.6) is 0 Å². The SMILES string of the molecule is CO[C@H]1[C@H](O[C@H]2[C@H](O[C@@H](CC[C@@H](C)[C@H]3C[C@H](O)C4[C@]5(O)C[C@H](O)C6C[C@@H](O)CC[C@]6(C)C5CC[C@@]43C)C(C)C)O[C@@H](COS(=O)(=O)O)[C@@H]2O)OC[C@@H](O)[C@@H]1O. The molecular weight excluding hydrogens is 744 g/mol. The summed E-state index contributed by atoms with van der Waals surface area (Å²) in [5, 5.41) is 78.2. The average Bonchev–Trinajstić information content (AvgIpc) is 3.55. The molecule has 0 aromatic carbocycles. The summed E-state index contributed by atoms with van der Waals surface area (Å²) in [5.41, 5.74) is -1.95. The zero-order chi connectivity index (χ0) is 40.4. The van der Waals surface area contributed by atoms with Crippen LogP contribution in [0.2, 0.25) is 0 Å². The monoisotopic (exact) mass is 810 g/mol. The highest BCUT2D eigenvalue weighted by atomic mass is 32.3. The van der Waals surface area contributed by atoms with Crippen molar-refractivity contribution in [1.29, 1.82) is 0 Å². The van der Waals surface area contributed by atoms with Gasteiger partial charge in [-0.2, -0.15) is 8.42 Å². The Kier molecular flexibility index (Phi) is 13.1. The lowest BCUT2D eigenvalue weighted by atomic mass is 9.42. The molecule has 17 heteroatoms. The van der Waals surface area contributed by atoms with Crippen molar-refractivity contribution in [3.63, 3.8) is 0 Å². The van der Waals surface area contributed by atoms with Gasteiger partial charge >= 0.3 is 10.4 Å². The normalized spacial score (nSPS) is 50.0. The van der Waals surface area contributed by atoms with Gasteiger partial charge in [0.05, 0.1) is 43.2 Å². The zero-order valence-corrected chi connectivity index (χ0v) is 33.7. The third-order valence-corrected chi connectivity index (χ3v) is 15.5. The molecule has 0 amide bonds. The number of hydrogen-bond acceptors (Lipinski definition) is 15. The van der Waals surface area contributed by atoms with E-state index in [0.29, 0.717) is 32.1 Å². The van der Waals surface area contributed by atoms with Crippen molar-refractivity contribution in [2.24, 2.45) is 46.3 Å². The topological polar surface area (TPSA) is 251 Å². The van der Waals surface area contributed by atoms with Crippen molar-refractivity contribution in [2.45, 2.75) is 172 Å². The fraction of sp³-hybridized carbons (Fsp3) is 1.00. The Morgan fingerprint density at radius 1 is 0.855 bits per heavy atom. The second-order valence-electron chi connectivity index (χ2n) is 18.6. The van der Waals surface area contributed by atoms with Gasteiger partial charge in [-0.1, -0.05) is 34.6 Å². The summed E-state index contributed by atoms with van der Waals surface area (Å²) in [5.74, 6) is -0.481. The van der Waals surface area contributed by atoms with Crippen LogP contribution in [0.3, 0.4) is 0 Å². The third-order valence-electron chi connectivity index (χ3n) is 15.1. The van der Waals surface area contributed by atoms with Crippen LogP contribution in [0.1, 0.15) is 92.4 Å². The molecule has 2 heterocycles. The summed E-state index contributed by atoms with van der Waals surface area (Å²) in [7, 11) is -3.56. The van der Waals surface area contributed by atoms with E-state index in [1.165, 1.54) is 7.11 Å². The number of ether oxygens (including phenoxy) is 5. The summed E-state index contributed by atoms with van der Waals surface area (Å²) in [6.45, 7) is 9.43. The first-order valence-corrected chi connectivity index (χ1v) is 21.5. The molecule has 8 N–H and O–H groups in total. The maximum Gasteiger partial charge on any atom is 0.397 e. The van der Waals surface area contributed by atoms with Crippen LogP contribution in [0.15, 0.2) is 0 Å². The second kappa shape index (κ2) is 16.4. The summed E-state index contributed by atoms with van der Waals surface area (Å²) >= 11 is 0. The molecular formula is C38H66O16S. The Labute approximate surface area is 324 Å². The van der Waals surface area contributed by atoms with Crippen LogP contribution in [0, 0.1) is 46.3 Å². The van der Waals surface area contributed by atoms with Crippen molar-refractivity contribution >= 4 is 10.4 Å². The molecule has 2 saturated heterocycles. The molecule has 0 radical (unpaired) electrons. The molecule has 0 aromatic rings. The lowest BCUT2D eigenvalue weighted by molar-refractivity contribution is -0.311. The fourth-order valence-corrected chi connectivity index (χ4v) is 12.6. The summed E-state index contributed by atoms with van der Waals surface area (Å²) in [4.78, 5) is 0. The van der Waals surface area contributed by atoms with E-state index < -0.39 is 102 Å². The van der Waals surface area contributed by atoms with Gasteiger partial charge in [0, 0.05) is 19.4 Å². The Balaban J connectivity index is 1.15. The maximum absolute atomic E-state index is 12.7. The molecule has 0 bridgehead atoms. The largest absolute Gasteiger partial charge is 0.397 e. The van der Waals surface area contributed by atoms with Crippen LogP contribution >= 0.6 is 0 Å². The van der Waals surface area contributed by atoms with Gasteiger partial charge in [-0.05, 0) is 91.8 Å². The minimum Gasteiger partial charge on any atom is -0.393 e. The van der Waals surface area contributed by atoms with Crippen molar-refractivity contribution in [3.05, 3.63) is 0 Å². The number of hydrogen-bond donors (Lipinski definition) is 8. The van der Waals surface area contributed by atoms with E-state index in [2.05, 4.69) is 25.0 Å². The van der Waals surface area contributed by atoms with Crippen LogP contribution in [0.4, 0.5) is 0 Å². The standard InChI is InChI=1S/C38H66O16S/c1-18(2)26(52-35-32(30(44)27(53-35)17-51-55(46,47)48)54-34-31(49-6)29(43)25(42)16-50-34)8-7-19(3)21-14-23(40)33-37(21,5)12-10-28-36(4)11-9-20(39)13-22(36)24(41)15-38(28,33)45/h18-35,39-45H,7-17H2,1-6H3,(H,46,47,48)/t19-,20+,21-,22?,23+,24+,25-,26+,27+,28?,29+,30+,31-,32-,33?,34+,35-,36+,37-,38+/m1/s1. The predicted octanol–water partition coefficient (Wildman–Crippen LogP) is 0.904. The van der Waals surface area contributed by atoms with Crippen molar-refractivity contribution in [3.8, 4) is 0 Å². The number of rotatable bonds is 13. The molecule has 20 atom stereocenters. The zero-order valence-electron chi connectivity index (χ0n) is 32.9. The Bertz CT molecular complexity index is 1420. The molecule has 6 rings (SSSR count). The third kappa shape index (κ3) is 8.29. The lowest BCUT2D eigenvalue weighted by Crippen LogP contribution is -2.68. The van der Waals surface area contributed by atoms with E-state index in [0.717, 1.165) is 19.3 Å². The van der Waals surface area contributed by atoms with Crippen molar-refractivity contribution in [1.82, 2.24) is 0 Å². The minimum atomic E-state index is -4.86. The Morgan fingerprint density at radius 3 is 2.20 bits per heavy atom. The summed E-state index contributed by atoms with van der Waals surface area (Å²) < 4.78 is 65.8. The van der Waals surface area contributed by atoms with E-state index in [1.54, 1.807) is 0 Å². The molecule has 2 aliphatic heterocycles. The van der Waals surface area contributed by atoms with Gasteiger partial charge in [-0.15, -0.1) is 0 Å². The van der Waals surface area contributed by atoms with Gasteiger partial charge < -0.3 is 59.4 Å². The quantitative estimate of drug-likeness (QED) is 0.120. The molecule has 3 unspecified atom stereocenters.